The van der Waals surface area contributed by atoms with E-state index in [2.05, 4.69) is 22.5 Å². The largest absolute Gasteiger partial charge is 0.444 e. The molecule has 43 heavy (non-hydrogen) atoms. The van der Waals surface area contributed by atoms with E-state index < -0.39 is 21.5 Å². The van der Waals surface area contributed by atoms with Gasteiger partial charge in [0.25, 0.3) is 0 Å². The van der Waals surface area contributed by atoms with Crippen molar-refractivity contribution >= 4 is 56.5 Å². The second-order valence-electron chi connectivity index (χ2n) is 11.0. The Labute approximate surface area is 263 Å². The van der Waals surface area contributed by atoms with Crippen molar-refractivity contribution in [1.29, 1.82) is 5.41 Å². The second kappa shape index (κ2) is 14.9. The Balaban J connectivity index is 1.82. The van der Waals surface area contributed by atoms with Crippen LogP contribution in [0.4, 0.5) is 10.5 Å². The van der Waals surface area contributed by atoms with Crippen molar-refractivity contribution in [3.63, 3.8) is 0 Å². The number of thioether (sulfide) groups is 1. The predicted molar refractivity (Wildman–Crippen MR) is 179 cm³/mol. The van der Waals surface area contributed by atoms with Crippen molar-refractivity contribution in [2.75, 3.05) is 18.1 Å². The first-order valence-electron chi connectivity index (χ1n) is 14.0. The third kappa shape index (κ3) is 9.57. The van der Waals surface area contributed by atoms with Gasteiger partial charge < -0.3 is 15.8 Å². The number of aliphatic imine (C=N–C) groups is 1. The molecule has 2 aromatic carbocycles. The minimum Gasteiger partial charge on any atom is -0.444 e. The van der Waals surface area contributed by atoms with Crippen LogP contribution in [0.15, 0.2) is 67.5 Å². The molecule has 0 bridgehead atoms. The molecule has 0 unspecified atom stereocenters. The number of nitrogens with zero attached hydrogens (tertiary/aromatic N) is 1. The van der Waals surface area contributed by atoms with E-state index in [-0.39, 0.29) is 15.6 Å². The third-order valence-electron chi connectivity index (χ3n) is 6.26. The average Bonchev–Trinajstić information content (AvgIpc) is 3.38. The normalized spacial score (nSPS) is 12.2. The maximum atomic E-state index is 13.8. The summed E-state index contributed by atoms with van der Waals surface area (Å²) in [6, 6.07) is 14.0. The van der Waals surface area contributed by atoms with Crippen LogP contribution in [0, 0.1) is 12.3 Å². The van der Waals surface area contributed by atoms with E-state index in [0.29, 0.717) is 21.6 Å². The van der Waals surface area contributed by atoms with Crippen LogP contribution < -0.4 is 16.4 Å². The second-order valence-corrected chi connectivity index (χ2v) is 15.0. The van der Waals surface area contributed by atoms with Gasteiger partial charge in [-0.15, -0.1) is 23.1 Å². The standard InChI is InChI=1S/C31H41N5O4S3/c1-7-8-9-10-16-34-29(33)35-22-14-15-24(20(2)17-22)21-12-11-13-23(18-21)43(38,39)26-19-25(42-28(26)41-6)27(32)36-30(37)40-31(3,4)5/h11-15,17-19H,7-10,16H2,1-6H3,(H2,32,36,37)(H3,33,34,35). The van der Waals surface area contributed by atoms with E-state index in [9.17, 15) is 13.2 Å². The number of carbonyl (C=O) groups is 1. The lowest BCUT2D eigenvalue weighted by Gasteiger charge is -2.19. The quantitative estimate of drug-likeness (QED) is 0.0735. The zero-order valence-electron chi connectivity index (χ0n) is 25.5. The lowest BCUT2D eigenvalue weighted by Crippen LogP contribution is -2.36. The zero-order chi connectivity index (χ0) is 31.8. The third-order valence-corrected chi connectivity index (χ3v) is 10.6. The molecule has 0 saturated heterocycles. The summed E-state index contributed by atoms with van der Waals surface area (Å²) >= 11 is 2.40. The van der Waals surface area contributed by atoms with E-state index >= 15 is 0 Å². The zero-order valence-corrected chi connectivity index (χ0v) is 28.0. The van der Waals surface area contributed by atoms with E-state index in [4.69, 9.17) is 15.9 Å². The number of amides is 1. The van der Waals surface area contributed by atoms with Crippen LogP contribution in [0.2, 0.25) is 0 Å². The number of unbranched alkanes of at least 4 members (excludes halogenated alkanes) is 3. The van der Waals surface area contributed by atoms with E-state index in [1.807, 2.05) is 31.2 Å². The van der Waals surface area contributed by atoms with Crippen molar-refractivity contribution in [2.24, 2.45) is 10.7 Å². The molecule has 0 aliphatic heterocycles. The van der Waals surface area contributed by atoms with Gasteiger partial charge in [0.15, 0.2) is 5.96 Å². The molecule has 1 aromatic heterocycles. The maximum Gasteiger partial charge on any atom is 0.413 e. The van der Waals surface area contributed by atoms with Crippen LogP contribution >= 0.6 is 23.1 Å². The molecule has 3 rings (SSSR count). The Kier molecular flexibility index (Phi) is 11.8. The number of carbonyl (C=O) groups excluding carboxylic acids is 1. The first-order valence-corrected chi connectivity index (χ1v) is 17.6. The molecule has 232 valence electrons. The fourth-order valence-electron chi connectivity index (χ4n) is 4.23. The Morgan fingerprint density at radius 1 is 1.12 bits per heavy atom. The number of anilines is 1. The molecule has 0 saturated carbocycles. The minimum absolute atomic E-state index is 0.0913. The Hall–Kier alpha value is -3.35. The van der Waals surface area contributed by atoms with Crippen molar-refractivity contribution in [3.05, 3.63) is 59.0 Å². The van der Waals surface area contributed by atoms with Crippen LogP contribution in [0.1, 0.15) is 63.8 Å². The number of aryl methyl sites for hydroxylation is 1. The number of ether oxygens (including phenoxy) is 1. The van der Waals surface area contributed by atoms with Gasteiger partial charge in [-0.3, -0.25) is 15.7 Å². The van der Waals surface area contributed by atoms with Crippen molar-refractivity contribution in [3.8, 4) is 11.1 Å². The number of sulfone groups is 1. The van der Waals surface area contributed by atoms with Gasteiger partial charge in [-0.1, -0.05) is 44.4 Å². The lowest BCUT2D eigenvalue weighted by molar-refractivity contribution is 0.0563. The number of benzene rings is 2. The Bertz CT molecular complexity index is 1590. The fourth-order valence-corrected chi connectivity index (χ4v) is 8.17. The molecular weight excluding hydrogens is 603 g/mol. The summed E-state index contributed by atoms with van der Waals surface area (Å²) in [6.45, 7) is 9.98. The number of nitrogens with one attached hydrogen (secondary N) is 3. The number of guanidine groups is 1. The molecule has 1 heterocycles. The first kappa shape index (κ1) is 34.1. The van der Waals surface area contributed by atoms with E-state index in [1.165, 1.54) is 30.7 Å². The molecule has 3 aromatic rings. The predicted octanol–water partition coefficient (Wildman–Crippen LogP) is 7.44. The summed E-state index contributed by atoms with van der Waals surface area (Å²) in [7, 11) is -3.93. The fraction of sp³-hybridized carbons (Fsp3) is 0.387. The maximum absolute atomic E-state index is 13.8. The molecule has 1 amide bonds. The number of amidine groups is 1. The number of hydrogen-bond acceptors (Lipinski definition) is 8. The Morgan fingerprint density at radius 2 is 1.86 bits per heavy atom. The SMILES string of the molecule is CCCCCCN=C(N)Nc1ccc(-c2cccc(S(=O)(=O)c3cc(C(=N)NC(=O)OC(C)(C)C)sc3SC)c2)c(C)c1. The number of hydrogen-bond donors (Lipinski definition) is 4. The molecule has 0 aliphatic rings. The summed E-state index contributed by atoms with van der Waals surface area (Å²) in [5.41, 5.74) is 8.72. The van der Waals surface area contributed by atoms with Crippen LogP contribution in [0.3, 0.4) is 0 Å². The van der Waals surface area contributed by atoms with Gasteiger partial charge in [-0.25, -0.2) is 13.2 Å². The van der Waals surface area contributed by atoms with Gasteiger partial charge in [0.2, 0.25) is 9.84 Å². The number of rotatable bonds is 11. The van der Waals surface area contributed by atoms with Gasteiger partial charge in [0, 0.05) is 12.2 Å². The summed E-state index contributed by atoms with van der Waals surface area (Å²) in [6.07, 6.45) is 5.51. The highest BCUT2D eigenvalue weighted by atomic mass is 32.2. The van der Waals surface area contributed by atoms with Crippen molar-refractivity contribution in [2.45, 2.75) is 79.9 Å². The molecule has 9 nitrogen and oxygen atoms in total. The minimum atomic E-state index is -3.93. The van der Waals surface area contributed by atoms with Gasteiger partial charge in [-0.05, 0) is 87.4 Å². The molecular formula is C31H41N5O4S3. The molecule has 0 atom stereocenters. The number of thiophene rings is 1. The smallest absolute Gasteiger partial charge is 0.413 e. The van der Waals surface area contributed by atoms with Crippen molar-refractivity contribution < 1.29 is 17.9 Å². The number of nitrogens with two attached hydrogens (primary N) is 1. The molecule has 12 heteroatoms. The van der Waals surface area contributed by atoms with Crippen LogP contribution in [-0.4, -0.2) is 44.7 Å². The van der Waals surface area contributed by atoms with Crippen LogP contribution in [0.25, 0.3) is 11.1 Å². The number of alkyl carbamates (subject to hydrolysis) is 1. The van der Waals surface area contributed by atoms with E-state index in [0.717, 1.165) is 46.6 Å². The summed E-state index contributed by atoms with van der Waals surface area (Å²) in [5.74, 6) is 0.141. The molecule has 0 radical (unpaired) electrons. The molecule has 0 spiro atoms. The topological polar surface area (TPSA) is 147 Å². The summed E-state index contributed by atoms with van der Waals surface area (Å²) < 4.78 is 33.4. The highest BCUT2D eigenvalue weighted by Crippen LogP contribution is 2.38. The van der Waals surface area contributed by atoms with Crippen LogP contribution in [0.5, 0.6) is 0 Å². The lowest BCUT2D eigenvalue weighted by atomic mass is 10.00. The highest BCUT2D eigenvalue weighted by Gasteiger charge is 2.27. The first-order chi connectivity index (χ1) is 20.2. The van der Waals surface area contributed by atoms with Gasteiger partial charge in [0.05, 0.1) is 18.9 Å². The molecule has 0 aliphatic carbocycles. The summed E-state index contributed by atoms with van der Waals surface area (Å²) in [4.78, 5) is 17.1. The van der Waals surface area contributed by atoms with Gasteiger partial charge in [-0.2, -0.15) is 0 Å². The molecule has 0 fully saturated rings. The van der Waals surface area contributed by atoms with Gasteiger partial charge in [0.1, 0.15) is 11.4 Å². The average molecular weight is 644 g/mol. The summed E-state index contributed by atoms with van der Waals surface area (Å²) in [5, 5.41) is 13.8. The Morgan fingerprint density at radius 3 is 2.51 bits per heavy atom. The van der Waals surface area contributed by atoms with Crippen LogP contribution in [-0.2, 0) is 14.6 Å². The molecule has 5 N–H and O–H groups in total. The monoisotopic (exact) mass is 643 g/mol. The van der Waals surface area contributed by atoms with E-state index in [1.54, 1.807) is 45.2 Å². The highest BCUT2D eigenvalue weighted by molar-refractivity contribution is 8.01. The van der Waals surface area contributed by atoms with Crippen molar-refractivity contribution in [1.82, 2.24) is 5.32 Å². The van der Waals surface area contributed by atoms with Gasteiger partial charge >= 0.3 is 6.09 Å².